The average Bonchev–Trinajstić information content (AvgIpc) is 2.74. The Bertz CT molecular complexity index is 399. The molecule has 2 N–H and O–H groups in total. The molecule has 1 fully saturated rings. The van der Waals surface area contributed by atoms with E-state index in [1.807, 2.05) is 6.20 Å². The van der Waals surface area contributed by atoms with Crippen molar-refractivity contribution in [3.8, 4) is 0 Å². The maximum atomic E-state index is 11.5. The summed E-state index contributed by atoms with van der Waals surface area (Å²) < 4.78 is 4.80. The van der Waals surface area contributed by atoms with Crippen LogP contribution >= 0.6 is 23.7 Å². The Morgan fingerprint density at radius 3 is 3.11 bits per heavy atom. The van der Waals surface area contributed by atoms with Gasteiger partial charge < -0.3 is 10.5 Å². The fourth-order valence-electron chi connectivity index (χ4n) is 2.17. The summed E-state index contributed by atoms with van der Waals surface area (Å²) in [6.07, 6.45) is 3.77. The highest BCUT2D eigenvalue weighted by Crippen LogP contribution is 2.22. The number of anilines is 1. The molecule has 1 aliphatic rings. The number of nitrogens with zero attached hydrogens (tertiary/aromatic N) is 2. The number of carbonyl (C=O) groups is 1. The lowest BCUT2D eigenvalue weighted by atomic mass is 9.98. The number of rotatable bonds is 3. The summed E-state index contributed by atoms with van der Waals surface area (Å²) in [4.78, 5) is 18.9. The largest absolute Gasteiger partial charge is 0.469 e. The molecule has 5 nitrogen and oxygen atoms in total. The van der Waals surface area contributed by atoms with Gasteiger partial charge in [0.2, 0.25) is 0 Å². The minimum absolute atomic E-state index is 0. The highest BCUT2D eigenvalue weighted by Gasteiger charge is 2.26. The fraction of sp³-hybridized carbons (Fsp3) is 0.636. The quantitative estimate of drug-likeness (QED) is 0.856. The number of ether oxygens (including phenoxy) is 1. The number of methoxy groups -OCH3 is 1. The molecule has 1 saturated heterocycles. The van der Waals surface area contributed by atoms with Gasteiger partial charge in [0.05, 0.1) is 13.0 Å². The van der Waals surface area contributed by atoms with Gasteiger partial charge in [-0.1, -0.05) is 0 Å². The minimum atomic E-state index is -0.0986. The number of piperidine rings is 1. The molecule has 2 heterocycles. The maximum Gasteiger partial charge on any atom is 0.309 e. The number of likely N-dealkylation sites (tertiary alicyclic amines) is 1. The molecule has 0 saturated carbocycles. The van der Waals surface area contributed by atoms with Crippen LogP contribution in [0.5, 0.6) is 0 Å². The maximum absolute atomic E-state index is 11.5. The van der Waals surface area contributed by atoms with E-state index in [4.69, 9.17) is 10.5 Å². The molecule has 102 valence electrons. The van der Waals surface area contributed by atoms with Crippen LogP contribution in [0.2, 0.25) is 0 Å². The molecule has 0 radical (unpaired) electrons. The molecule has 0 unspecified atom stereocenters. The second-order valence-electron chi connectivity index (χ2n) is 4.26. The van der Waals surface area contributed by atoms with Crippen molar-refractivity contribution in [2.45, 2.75) is 19.4 Å². The van der Waals surface area contributed by atoms with Gasteiger partial charge >= 0.3 is 5.97 Å². The van der Waals surface area contributed by atoms with E-state index in [2.05, 4.69) is 9.88 Å². The normalized spacial score (nSPS) is 20.2. The fourth-order valence-corrected chi connectivity index (χ4v) is 2.90. The van der Waals surface area contributed by atoms with Crippen LogP contribution in [0.3, 0.4) is 0 Å². The summed E-state index contributed by atoms with van der Waals surface area (Å²) in [5.41, 5.74) is 5.60. The Labute approximate surface area is 117 Å². The van der Waals surface area contributed by atoms with Gasteiger partial charge in [-0.3, -0.25) is 9.69 Å². The van der Waals surface area contributed by atoms with Crippen LogP contribution in [-0.4, -0.2) is 36.1 Å². The SMILES string of the molecule is COC(=O)[C@H]1CCCN(Cc2cnc(N)s2)C1.Cl. The van der Waals surface area contributed by atoms with Crippen molar-refractivity contribution >= 4 is 34.8 Å². The summed E-state index contributed by atoms with van der Waals surface area (Å²) in [6.45, 7) is 2.61. The molecule has 0 bridgehead atoms. The highest BCUT2D eigenvalue weighted by molar-refractivity contribution is 7.15. The van der Waals surface area contributed by atoms with Crippen LogP contribution in [0.4, 0.5) is 5.13 Å². The zero-order chi connectivity index (χ0) is 12.3. The van der Waals surface area contributed by atoms with E-state index in [1.165, 1.54) is 18.4 Å². The molecule has 0 aromatic carbocycles. The Morgan fingerprint density at radius 2 is 2.50 bits per heavy atom. The Hall–Kier alpha value is -0.850. The summed E-state index contributed by atoms with van der Waals surface area (Å²) in [6, 6.07) is 0. The van der Waals surface area contributed by atoms with Gasteiger partial charge in [-0.05, 0) is 19.4 Å². The molecular weight excluding hydrogens is 274 g/mol. The van der Waals surface area contributed by atoms with Crippen molar-refractivity contribution in [1.29, 1.82) is 0 Å². The van der Waals surface area contributed by atoms with E-state index in [9.17, 15) is 4.79 Å². The van der Waals surface area contributed by atoms with Crippen molar-refractivity contribution in [3.05, 3.63) is 11.1 Å². The van der Waals surface area contributed by atoms with E-state index < -0.39 is 0 Å². The topological polar surface area (TPSA) is 68.5 Å². The van der Waals surface area contributed by atoms with Gasteiger partial charge in [0.1, 0.15) is 0 Å². The van der Waals surface area contributed by atoms with Crippen LogP contribution in [0.15, 0.2) is 6.20 Å². The lowest BCUT2D eigenvalue weighted by Crippen LogP contribution is -2.38. The van der Waals surface area contributed by atoms with Crippen molar-refractivity contribution in [2.24, 2.45) is 5.92 Å². The number of nitrogens with two attached hydrogens (primary N) is 1. The third-order valence-electron chi connectivity index (χ3n) is 2.99. The van der Waals surface area contributed by atoms with E-state index in [0.29, 0.717) is 5.13 Å². The molecule has 2 rings (SSSR count). The van der Waals surface area contributed by atoms with Gasteiger partial charge in [0, 0.05) is 24.2 Å². The number of hydrogen-bond donors (Lipinski definition) is 1. The zero-order valence-electron chi connectivity index (χ0n) is 10.3. The number of carbonyl (C=O) groups excluding carboxylic acids is 1. The van der Waals surface area contributed by atoms with E-state index in [-0.39, 0.29) is 24.3 Å². The molecule has 0 aliphatic carbocycles. The molecule has 0 amide bonds. The number of aromatic nitrogens is 1. The molecule has 18 heavy (non-hydrogen) atoms. The number of halogens is 1. The smallest absolute Gasteiger partial charge is 0.309 e. The first kappa shape index (κ1) is 15.2. The number of hydrogen-bond acceptors (Lipinski definition) is 6. The predicted octanol–water partition coefficient (Wildman–Crippen LogP) is 1.53. The first-order valence-corrected chi connectivity index (χ1v) is 6.51. The summed E-state index contributed by atoms with van der Waals surface area (Å²) in [5.74, 6) is -0.0856. The van der Waals surface area contributed by atoms with Crippen molar-refractivity contribution in [1.82, 2.24) is 9.88 Å². The predicted molar refractivity (Wildman–Crippen MR) is 73.8 cm³/mol. The third kappa shape index (κ3) is 3.83. The molecule has 7 heteroatoms. The number of nitrogen functional groups attached to an aromatic ring is 1. The van der Waals surface area contributed by atoms with Gasteiger partial charge in [0.25, 0.3) is 0 Å². The van der Waals surface area contributed by atoms with Crippen molar-refractivity contribution < 1.29 is 9.53 Å². The average molecular weight is 292 g/mol. The first-order chi connectivity index (χ1) is 8.19. The van der Waals surface area contributed by atoms with Gasteiger partial charge in [0.15, 0.2) is 5.13 Å². The zero-order valence-corrected chi connectivity index (χ0v) is 11.9. The van der Waals surface area contributed by atoms with Crippen LogP contribution in [0.1, 0.15) is 17.7 Å². The molecule has 0 spiro atoms. The second kappa shape index (κ2) is 6.92. The number of thiazole rings is 1. The standard InChI is InChI=1S/C11H17N3O2S.ClH/c1-16-10(15)8-3-2-4-14(6-8)7-9-5-13-11(12)17-9;/h5,8H,2-4,6-7H2,1H3,(H2,12,13);1H/t8-;/m0./s1. The van der Waals surface area contributed by atoms with Crippen LogP contribution in [0, 0.1) is 5.92 Å². The molecule has 1 aromatic heterocycles. The molecule has 1 atom stereocenters. The Morgan fingerprint density at radius 1 is 1.72 bits per heavy atom. The summed E-state index contributed by atoms with van der Waals surface area (Å²) in [5, 5.41) is 0.599. The molecule has 1 aromatic rings. The first-order valence-electron chi connectivity index (χ1n) is 5.69. The highest BCUT2D eigenvalue weighted by atomic mass is 35.5. The summed E-state index contributed by atoms with van der Waals surface area (Å²) >= 11 is 1.51. The second-order valence-corrected chi connectivity index (χ2v) is 5.41. The number of esters is 1. The van der Waals surface area contributed by atoms with Gasteiger partial charge in [-0.2, -0.15) is 0 Å². The van der Waals surface area contributed by atoms with Crippen molar-refractivity contribution in [3.63, 3.8) is 0 Å². The molecule has 1 aliphatic heterocycles. The lowest BCUT2D eigenvalue weighted by Gasteiger charge is -2.30. The third-order valence-corrected chi connectivity index (χ3v) is 3.80. The van der Waals surface area contributed by atoms with Crippen molar-refractivity contribution in [2.75, 3.05) is 25.9 Å². The lowest BCUT2D eigenvalue weighted by molar-refractivity contribution is -0.147. The minimum Gasteiger partial charge on any atom is -0.469 e. The van der Waals surface area contributed by atoms with Crippen LogP contribution < -0.4 is 5.73 Å². The molecular formula is C11H18ClN3O2S. The van der Waals surface area contributed by atoms with Crippen LogP contribution in [-0.2, 0) is 16.1 Å². The Balaban J connectivity index is 0.00000162. The van der Waals surface area contributed by atoms with E-state index in [0.717, 1.165) is 37.4 Å². The van der Waals surface area contributed by atoms with Crippen LogP contribution in [0.25, 0.3) is 0 Å². The van der Waals surface area contributed by atoms with Gasteiger partial charge in [-0.25, -0.2) is 4.98 Å². The van der Waals surface area contributed by atoms with Gasteiger partial charge in [-0.15, -0.1) is 23.7 Å². The van der Waals surface area contributed by atoms with E-state index >= 15 is 0 Å². The van der Waals surface area contributed by atoms with E-state index in [1.54, 1.807) is 0 Å². The Kier molecular flexibility index (Phi) is 5.84. The summed E-state index contributed by atoms with van der Waals surface area (Å²) in [7, 11) is 1.45. The monoisotopic (exact) mass is 291 g/mol.